The lowest BCUT2D eigenvalue weighted by Crippen LogP contribution is -2.25. The van der Waals surface area contributed by atoms with Crippen LogP contribution in [0.2, 0.25) is 0 Å². The summed E-state index contributed by atoms with van der Waals surface area (Å²) in [6.45, 7) is -0.196. The summed E-state index contributed by atoms with van der Waals surface area (Å²) in [5.41, 5.74) is 7.42. The molecule has 26 heavy (non-hydrogen) atoms. The average molecular weight is 350 g/mol. The molecule has 1 aliphatic heterocycles. The molecule has 0 aliphatic carbocycles. The number of ether oxygens (including phenoxy) is 2. The zero-order valence-corrected chi connectivity index (χ0v) is 13.6. The molecule has 2 heterocycles. The van der Waals surface area contributed by atoms with Gasteiger partial charge in [-0.1, -0.05) is 12.1 Å². The van der Waals surface area contributed by atoms with Crippen molar-refractivity contribution in [3.8, 4) is 5.75 Å². The lowest BCUT2D eigenvalue weighted by Gasteiger charge is -2.18. The van der Waals surface area contributed by atoms with E-state index in [1.165, 1.54) is 6.07 Å². The molecule has 0 unspecified atom stereocenters. The van der Waals surface area contributed by atoms with Crippen molar-refractivity contribution >= 4 is 34.3 Å². The third kappa shape index (κ3) is 3.00. The van der Waals surface area contributed by atoms with Crippen molar-refractivity contribution in [3.05, 3.63) is 53.9 Å². The maximum Gasteiger partial charge on any atom is 0.338 e. The molecule has 0 saturated heterocycles. The number of amides is 1. The monoisotopic (exact) mass is 350 g/mol. The quantitative estimate of drug-likeness (QED) is 0.693. The third-order valence-electron chi connectivity index (χ3n) is 3.86. The predicted molar refractivity (Wildman–Crippen MR) is 93.6 cm³/mol. The van der Waals surface area contributed by atoms with E-state index in [1.54, 1.807) is 12.1 Å². The summed E-state index contributed by atoms with van der Waals surface area (Å²) >= 11 is 0. The van der Waals surface area contributed by atoms with E-state index in [4.69, 9.17) is 15.2 Å². The average Bonchev–Trinajstić information content (AvgIpc) is 2.65. The Hall–Kier alpha value is -3.68. The molecule has 0 bridgehead atoms. The zero-order valence-electron chi connectivity index (χ0n) is 13.6. The predicted octanol–water partition coefficient (Wildman–Crippen LogP) is 1.90. The minimum absolute atomic E-state index is 0.0876. The first-order chi connectivity index (χ1) is 12.6. The fraction of sp³-hybridized carbons (Fsp3) is 0.111. The van der Waals surface area contributed by atoms with Gasteiger partial charge in [-0.05, 0) is 30.3 Å². The van der Waals surface area contributed by atoms with Gasteiger partial charge in [0.25, 0.3) is 5.91 Å². The molecule has 0 radical (unpaired) electrons. The molecular weight excluding hydrogens is 336 g/mol. The van der Waals surface area contributed by atoms with E-state index in [0.717, 1.165) is 5.39 Å². The minimum Gasteiger partial charge on any atom is -0.482 e. The van der Waals surface area contributed by atoms with Crippen LogP contribution in [0.25, 0.3) is 10.9 Å². The molecule has 0 fully saturated rings. The number of hydrogen-bond acceptors (Lipinski definition) is 7. The molecule has 3 aromatic rings. The van der Waals surface area contributed by atoms with Gasteiger partial charge in [0.1, 0.15) is 11.6 Å². The van der Waals surface area contributed by atoms with Gasteiger partial charge in [-0.25, -0.2) is 14.8 Å². The van der Waals surface area contributed by atoms with Crippen LogP contribution in [0.3, 0.4) is 0 Å². The molecule has 130 valence electrons. The van der Waals surface area contributed by atoms with Crippen molar-refractivity contribution in [1.29, 1.82) is 0 Å². The molecule has 8 heteroatoms. The second-order valence-corrected chi connectivity index (χ2v) is 5.67. The van der Waals surface area contributed by atoms with Crippen molar-refractivity contribution < 1.29 is 19.1 Å². The van der Waals surface area contributed by atoms with Crippen LogP contribution in [-0.2, 0) is 16.1 Å². The second kappa shape index (κ2) is 6.32. The topological polar surface area (TPSA) is 116 Å². The van der Waals surface area contributed by atoms with Crippen molar-refractivity contribution in [2.75, 3.05) is 17.7 Å². The first-order valence-electron chi connectivity index (χ1n) is 7.85. The van der Waals surface area contributed by atoms with Crippen LogP contribution in [0.1, 0.15) is 16.2 Å². The van der Waals surface area contributed by atoms with Crippen molar-refractivity contribution in [3.63, 3.8) is 0 Å². The lowest BCUT2D eigenvalue weighted by molar-refractivity contribution is -0.118. The SMILES string of the molecule is Nc1nc(COC(=O)c2ccc3c(c2)OCC(=O)N3)nc2ccccc12. The molecule has 3 N–H and O–H groups in total. The highest BCUT2D eigenvalue weighted by Gasteiger charge is 2.18. The number of nitrogens with zero attached hydrogens (tertiary/aromatic N) is 2. The maximum atomic E-state index is 12.3. The standard InChI is InChI=1S/C18H14N4O4/c19-17-11-3-1-2-4-12(11)20-15(22-17)8-26-18(24)10-5-6-13-14(7-10)25-9-16(23)21-13/h1-7H,8-9H2,(H,21,23)(H2,19,20,22). The number of benzene rings is 2. The Morgan fingerprint density at radius 1 is 1.23 bits per heavy atom. The van der Waals surface area contributed by atoms with Crippen molar-refractivity contribution in [2.45, 2.75) is 6.61 Å². The van der Waals surface area contributed by atoms with Gasteiger partial charge in [0.05, 0.1) is 16.8 Å². The summed E-state index contributed by atoms with van der Waals surface area (Å²) in [7, 11) is 0. The van der Waals surface area contributed by atoms with Crippen molar-refractivity contribution in [2.24, 2.45) is 0 Å². The highest BCUT2D eigenvalue weighted by Crippen LogP contribution is 2.28. The van der Waals surface area contributed by atoms with Gasteiger partial charge in [0, 0.05) is 5.39 Å². The summed E-state index contributed by atoms with van der Waals surface area (Å²) < 4.78 is 10.6. The summed E-state index contributed by atoms with van der Waals surface area (Å²) in [5, 5.41) is 3.40. The van der Waals surface area contributed by atoms with Crippen LogP contribution in [0.4, 0.5) is 11.5 Å². The molecule has 0 spiro atoms. The van der Waals surface area contributed by atoms with E-state index < -0.39 is 5.97 Å². The van der Waals surface area contributed by atoms with Gasteiger partial charge in [0.15, 0.2) is 19.0 Å². The Labute approximate surface area is 148 Å². The number of rotatable bonds is 3. The Kier molecular flexibility index (Phi) is 3.85. The second-order valence-electron chi connectivity index (χ2n) is 5.67. The van der Waals surface area contributed by atoms with E-state index in [-0.39, 0.29) is 19.1 Å². The van der Waals surface area contributed by atoms with E-state index in [0.29, 0.717) is 34.2 Å². The number of carbonyl (C=O) groups is 2. The first kappa shape index (κ1) is 15.8. The lowest BCUT2D eigenvalue weighted by atomic mass is 10.1. The van der Waals surface area contributed by atoms with Gasteiger partial charge < -0.3 is 20.5 Å². The molecule has 2 aromatic carbocycles. The van der Waals surface area contributed by atoms with Crippen LogP contribution in [-0.4, -0.2) is 28.5 Å². The maximum absolute atomic E-state index is 12.3. The number of hydrogen-bond donors (Lipinski definition) is 2. The summed E-state index contributed by atoms with van der Waals surface area (Å²) in [6, 6.07) is 12.0. The molecule has 8 nitrogen and oxygen atoms in total. The zero-order chi connectivity index (χ0) is 18.1. The van der Waals surface area contributed by atoms with Crippen LogP contribution in [0, 0.1) is 0 Å². The van der Waals surface area contributed by atoms with Crippen LogP contribution < -0.4 is 15.8 Å². The van der Waals surface area contributed by atoms with Gasteiger partial charge in [0.2, 0.25) is 0 Å². The Morgan fingerprint density at radius 2 is 2.08 bits per heavy atom. The molecule has 0 saturated carbocycles. The molecule has 1 amide bonds. The number of aromatic nitrogens is 2. The molecule has 1 aliphatic rings. The van der Waals surface area contributed by atoms with Crippen LogP contribution in [0.5, 0.6) is 5.75 Å². The Morgan fingerprint density at radius 3 is 2.96 bits per heavy atom. The Bertz CT molecular complexity index is 1030. The van der Waals surface area contributed by atoms with E-state index in [1.807, 2.05) is 24.3 Å². The van der Waals surface area contributed by atoms with Gasteiger partial charge >= 0.3 is 5.97 Å². The Balaban J connectivity index is 1.50. The number of esters is 1. The molecule has 1 aromatic heterocycles. The summed E-state index contributed by atoms with van der Waals surface area (Å²) in [5.74, 6) is 0.281. The number of anilines is 2. The molecule has 4 rings (SSSR count). The van der Waals surface area contributed by atoms with Gasteiger partial charge in [-0.3, -0.25) is 4.79 Å². The number of nitrogen functional groups attached to an aromatic ring is 1. The normalized spacial score (nSPS) is 12.8. The highest BCUT2D eigenvalue weighted by molar-refractivity contribution is 5.97. The number of fused-ring (bicyclic) bond motifs is 2. The number of nitrogens with two attached hydrogens (primary N) is 1. The number of para-hydroxylation sites is 1. The number of carbonyl (C=O) groups excluding carboxylic acids is 2. The smallest absolute Gasteiger partial charge is 0.338 e. The van der Waals surface area contributed by atoms with E-state index in [2.05, 4.69) is 15.3 Å². The largest absolute Gasteiger partial charge is 0.482 e. The highest BCUT2D eigenvalue weighted by atomic mass is 16.5. The molecule has 0 atom stereocenters. The van der Waals surface area contributed by atoms with Crippen LogP contribution in [0.15, 0.2) is 42.5 Å². The summed E-state index contributed by atoms with van der Waals surface area (Å²) in [6.07, 6.45) is 0. The molecular formula is C18H14N4O4. The third-order valence-corrected chi connectivity index (χ3v) is 3.86. The number of nitrogens with one attached hydrogen (secondary N) is 1. The van der Waals surface area contributed by atoms with Gasteiger partial charge in [-0.2, -0.15) is 0 Å². The van der Waals surface area contributed by atoms with E-state index in [9.17, 15) is 9.59 Å². The fourth-order valence-corrected chi connectivity index (χ4v) is 2.63. The van der Waals surface area contributed by atoms with Crippen LogP contribution >= 0.6 is 0 Å². The first-order valence-corrected chi connectivity index (χ1v) is 7.85. The fourth-order valence-electron chi connectivity index (χ4n) is 2.63. The van der Waals surface area contributed by atoms with E-state index >= 15 is 0 Å². The van der Waals surface area contributed by atoms with Gasteiger partial charge in [-0.15, -0.1) is 0 Å². The van der Waals surface area contributed by atoms with Crippen molar-refractivity contribution in [1.82, 2.24) is 9.97 Å². The summed E-state index contributed by atoms with van der Waals surface area (Å²) in [4.78, 5) is 32.0. The minimum atomic E-state index is -0.552.